The number of rotatable bonds is 10. The van der Waals surface area contributed by atoms with Gasteiger partial charge >= 0.3 is 0 Å². The van der Waals surface area contributed by atoms with E-state index in [1.54, 1.807) is 13.8 Å². The largest absolute Gasteiger partial charge is 0.227 e. The molecule has 0 rings (SSSR count). The fourth-order valence-electron chi connectivity index (χ4n) is 2.49. The van der Waals surface area contributed by atoms with Crippen LogP contribution in [-0.4, -0.2) is 64.8 Å². The molecule has 0 saturated carbocycles. The van der Waals surface area contributed by atoms with Gasteiger partial charge in [-0.1, -0.05) is 41.5 Å². The Kier molecular flexibility index (Phi) is 13.8. The summed E-state index contributed by atoms with van der Waals surface area (Å²) in [6, 6.07) is 0. The van der Waals surface area contributed by atoms with Gasteiger partial charge in [-0.2, -0.15) is 0 Å². The van der Waals surface area contributed by atoms with Gasteiger partial charge in [0.05, 0.1) is 0 Å². The second-order valence-electron chi connectivity index (χ2n) is 6.59. The molecule has 0 N–H and O–H groups in total. The van der Waals surface area contributed by atoms with Gasteiger partial charge in [0.15, 0.2) is 47.5 Å². The summed E-state index contributed by atoms with van der Waals surface area (Å²) in [6.07, 6.45) is 0.193. The Morgan fingerprint density at radius 1 is 0.448 bits per heavy atom. The van der Waals surface area contributed by atoms with Crippen LogP contribution in [0.3, 0.4) is 0 Å². The Morgan fingerprint density at radius 2 is 0.586 bits per heavy atom. The Hall–Kier alpha value is 0.319. The minimum Gasteiger partial charge on any atom is -0.227 e. The van der Waals surface area contributed by atoms with Gasteiger partial charge in [0.1, 0.15) is 0 Å². The zero-order valence-electron chi connectivity index (χ0n) is 18.4. The van der Waals surface area contributed by atoms with Gasteiger partial charge in [-0.15, -0.1) is 0 Å². The van der Waals surface area contributed by atoms with Crippen LogP contribution in [0.4, 0.5) is 0 Å². The van der Waals surface area contributed by atoms with Gasteiger partial charge in [-0.25, -0.2) is 33.7 Å². The van der Waals surface area contributed by atoms with Crippen molar-refractivity contribution in [3.63, 3.8) is 0 Å². The van der Waals surface area contributed by atoms with Crippen molar-refractivity contribution in [2.45, 2.75) is 76.4 Å². The zero-order valence-corrected chi connectivity index (χ0v) is 22.7. The number of sulfone groups is 4. The maximum absolute atomic E-state index is 11.7. The summed E-state index contributed by atoms with van der Waals surface area (Å²) in [6.45, 7) is 11.6. The molecule has 0 aliphatic heterocycles. The third kappa shape index (κ3) is 6.65. The fourth-order valence-corrected chi connectivity index (χ4v) is 11.2. The summed E-state index contributed by atoms with van der Waals surface area (Å²) < 4.78 is 90.2. The predicted molar refractivity (Wildman–Crippen MR) is 115 cm³/mol. The molecule has 0 bridgehead atoms. The third-order valence-corrected chi connectivity index (χ3v) is 17.9. The minimum absolute atomic E-state index is 0. The van der Waals surface area contributed by atoms with E-state index in [-0.39, 0.29) is 52.9 Å². The van der Waals surface area contributed by atoms with E-state index in [0.29, 0.717) is 0 Å². The van der Waals surface area contributed by atoms with E-state index >= 15 is 0 Å². The molecule has 0 fully saturated rings. The van der Waals surface area contributed by atoms with Crippen LogP contribution in [0.25, 0.3) is 0 Å². The van der Waals surface area contributed by atoms with Gasteiger partial charge in [-0.3, -0.25) is 0 Å². The summed E-state index contributed by atoms with van der Waals surface area (Å²) in [5.74, 6) is -0.569. The first kappa shape index (κ1) is 33.9. The fraction of sp³-hybridized carbons (Fsp3) is 1.00. The molecule has 0 spiro atoms. The second-order valence-corrected chi connectivity index (χ2v) is 17.9. The Balaban J connectivity index is -0.000000451. The van der Waals surface area contributed by atoms with Crippen LogP contribution in [0.5, 0.6) is 0 Å². The molecule has 0 aromatic rings. The third-order valence-electron chi connectivity index (χ3n) is 5.44. The average molecular weight is 548 g/mol. The zero-order chi connectivity index (χ0) is 23.2. The molecule has 0 heterocycles. The van der Waals surface area contributed by atoms with Crippen LogP contribution in [0.1, 0.15) is 68.2 Å². The summed E-state index contributed by atoms with van der Waals surface area (Å²) in [4.78, 5) is 0. The maximum atomic E-state index is 11.7. The first-order valence-electron chi connectivity index (χ1n) is 9.25. The smallest absolute Gasteiger partial charge is 0.170 e. The molecule has 13 heteroatoms. The van der Waals surface area contributed by atoms with Crippen molar-refractivity contribution in [2.75, 3.05) is 23.0 Å². The Morgan fingerprint density at radius 3 is 0.655 bits per heavy atom. The van der Waals surface area contributed by atoms with E-state index < -0.39 is 47.5 Å². The van der Waals surface area contributed by atoms with Gasteiger partial charge in [0.2, 0.25) is 0 Å². The van der Waals surface area contributed by atoms with Crippen molar-refractivity contribution in [1.82, 2.24) is 0 Å². The maximum Gasteiger partial charge on any atom is 0.170 e. The van der Waals surface area contributed by atoms with E-state index in [0.717, 1.165) is 0 Å². The normalized spacial score (nSPS) is 13.8. The monoisotopic (exact) mass is 547 g/mol. The van der Waals surface area contributed by atoms with Gasteiger partial charge in [0.25, 0.3) is 0 Å². The number of hydrogen-bond donors (Lipinski definition) is 0. The molecule has 0 aromatic heterocycles. The van der Waals surface area contributed by atoms with Crippen molar-refractivity contribution in [1.29, 1.82) is 0 Å². The Bertz CT molecular complexity index is 771. The van der Waals surface area contributed by atoms with Crippen LogP contribution >= 0.6 is 0 Å². The quantitative estimate of drug-likeness (QED) is 0.378. The van der Waals surface area contributed by atoms with Gasteiger partial charge in [-0.05, 0) is 26.7 Å². The molecular weight excluding hydrogens is 512 g/mol. The number of hydrogen-bond acceptors (Lipinski definition) is 8. The first-order valence-corrected chi connectivity index (χ1v) is 15.9. The second kappa shape index (κ2) is 11.8. The summed E-state index contributed by atoms with van der Waals surface area (Å²) in [5, 5.41) is 0. The summed E-state index contributed by atoms with van der Waals surface area (Å²) in [5.41, 5.74) is 0. The van der Waals surface area contributed by atoms with Crippen molar-refractivity contribution >= 4 is 39.3 Å². The summed E-state index contributed by atoms with van der Waals surface area (Å²) >= 11 is 0. The predicted octanol–water partition coefficient (Wildman–Crippen LogP) is 1.96. The van der Waals surface area contributed by atoms with Crippen LogP contribution < -0.4 is 0 Å². The Labute approximate surface area is 188 Å². The molecule has 0 aromatic carbocycles. The molecule has 0 atom stereocenters. The molecular formula is C16H36CuO8S4. The van der Waals surface area contributed by atoms with E-state index in [9.17, 15) is 33.7 Å². The van der Waals surface area contributed by atoms with Crippen molar-refractivity contribution in [3.05, 3.63) is 0 Å². The van der Waals surface area contributed by atoms with Crippen LogP contribution in [0.2, 0.25) is 0 Å². The molecule has 0 aliphatic carbocycles. The molecule has 8 nitrogen and oxygen atoms in total. The van der Waals surface area contributed by atoms with Crippen molar-refractivity contribution < 1.29 is 50.7 Å². The molecule has 0 amide bonds. The van der Waals surface area contributed by atoms with Crippen molar-refractivity contribution in [2.24, 2.45) is 0 Å². The van der Waals surface area contributed by atoms with Crippen LogP contribution in [-0.2, 0) is 56.4 Å². The van der Waals surface area contributed by atoms with E-state index in [1.807, 2.05) is 0 Å². The summed E-state index contributed by atoms with van der Waals surface area (Å²) in [7, 11) is -14.3. The molecule has 0 unspecified atom stereocenters. The van der Waals surface area contributed by atoms with Crippen LogP contribution in [0, 0.1) is 0 Å². The van der Waals surface area contributed by atoms with Crippen molar-refractivity contribution in [3.8, 4) is 0 Å². The minimum atomic E-state index is -3.57. The van der Waals surface area contributed by atoms with E-state index in [1.165, 1.54) is 41.5 Å². The van der Waals surface area contributed by atoms with Crippen LogP contribution in [0.15, 0.2) is 0 Å². The average Bonchev–Trinajstić information content (AvgIpc) is 2.66. The first-order chi connectivity index (χ1) is 12.4. The molecule has 29 heavy (non-hydrogen) atoms. The topological polar surface area (TPSA) is 137 Å². The molecule has 0 saturated heterocycles. The molecule has 183 valence electrons. The standard InChI is InChI=1S/2C8H18O4S2.Cu/c2*1-5-8(4,13(9,10)6-2)14(11,12)7-3;/h2*5-7H2,1-4H3;. The van der Waals surface area contributed by atoms with E-state index in [2.05, 4.69) is 0 Å². The SMILES string of the molecule is CCC(C)(S(=O)(=O)CC)S(=O)(=O)CC.CCC(C)(S(=O)(=O)CC)S(=O)(=O)CC.[Cu]. The molecule has 0 aliphatic rings. The van der Waals surface area contributed by atoms with Gasteiger partial charge < -0.3 is 0 Å². The van der Waals surface area contributed by atoms with Gasteiger partial charge in [0, 0.05) is 40.1 Å². The molecule has 1 radical (unpaired) electrons. The van der Waals surface area contributed by atoms with E-state index in [4.69, 9.17) is 0 Å².